The molecule has 0 fully saturated rings. The Hall–Kier alpha value is -2.62. The summed E-state index contributed by atoms with van der Waals surface area (Å²) in [4.78, 5) is 23.8. The summed E-state index contributed by atoms with van der Waals surface area (Å²) in [7, 11) is 0. The van der Waals surface area contributed by atoms with Gasteiger partial charge in [0.1, 0.15) is 6.10 Å². The van der Waals surface area contributed by atoms with Crippen molar-refractivity contribution in [3.05, 3.63) is 71.3 Å². The summed E-state index contributed by atoms with van der Waals surface area (Å²) in [5.41, 5.74) is 1.17. The van der Waals surface area contributed by atoms with Crippen molar-refractivity contribution < 1.29 is 19.4 Å². The number of hydrogen-bond donors (Lipinski definition) is 1. The van der Waals surface area contributed by atoms with Crippen LogP contribution in [0.1, 0.15) is 58.9 Å². The van der Waals surface area contributed by atoms with Crippen LogP contribution >= 0.6 is 0 Å². The van der Waals surface area contributed by atoms with Gasteiger partial charge in [-0.2, -0.15) is 0 Å². The minimum Gasteiger partial charge on any atom is -0.478 e. The lowest BCUT2D eigenvalue weighted by Gasteiger charge is -2.26. The number of carbonyl (C=O) groups is 2. The largest absolute Gasteiger partial charge is 0.478 e. The monoisotopic (exact) mass is 326 g/mol. The predicted octanol–water partition coefficient (Wildman–Crippen LogP) is 4.51. The van der Waals surface area contributed by atoms with E-state index in [1.807, 2.05) is 37.3 Å². The number of hydrogen-bond acceptors (Lipinski definition) is 3. The van der Waals surface area contributed by atoms with Crippen molar-refractivity contribution in [2.45, 2.75) is 38.7 Å². The van der Waals surface area contributed by atoms with E-state index in [0.717, 1.165) is 12.0 Å². The standard InChI is InChI=1S/C20H22O4/c1-3-15(14-10-6-5-7-11-14)18(4-2)24-20(23)17-13-9-8-12-16(17)19(21)22/h5-13,15,18H,3-4H2,1-2H3,(H,21,22)/t15-,18-/m0/s1. The molecule has 0 aliphatic heterocycles. The summed E-state index contributed by atoms with van der Waals surface area (Å²) in [6, 6.07) is 16.1. The average Bonchev–Trinajstić information content (AvgIpc) is 2.62. The molecule has 126 valence electrons. The van der Waals surface area contributed by atoms with E-state index in [4.69, 9.17) is 4.74 Å². The van der Waals surface area contributed by atoms with Crippen LogP contribution in [-0.4, -0.2) is 23.1 Å². The molecule has 4 heteroatoms. The molecule has 0 unspecified atom stereocenters. The van der Waals surface area contributed by atoms with Crippen molar-refractivity contribution in [2.75, 3.05) is 0 Å². The molecule has 0 saturated carbocycles. The van der Waals surface area contributed by atoms with Gasteiger partial charge in [0.2, 0.25) is 0 Å². The van der Waals surface area contributed by atoms with Gasteiger partial charge in [0.25, 0.3) is 0 Å². The Morgan fingerprint density at radius 1 is 0.917 bits per heavy atom. The van der Waals surface area contributed by atoms with Gasteiger partial charge in [-0.05, 0) is 30.5 Å². The third kappa shape index (κ3) is 4.02. The molecule has 0 spiro atoms. The molecule has 0 amide bonds. The molecular weight excluding hydrogens is 304 g/mol. The van der Waals surface area contributed by atoms with Crippen molar-refractivity contribution in [1.29, 1.82) is 0 Å². The van der Waals surface area contributed by atoms with Crippen molar-refractivity contribution >= 4 is 11.9 Å². The zero-order valence-electron chi connectivity index (χ0n) is 13.9. The lowest BCUT2D eigenvalue weighted by molar-refractivity contribution is 0.0213. The van der Waals surface area contributed by atoms with Crippen LogP contribution in [0.25, 0.3) is 0 Å². The first-order valence-electron chi connectivity index (χ1n) is 8.16. The molecule has 0 saturated heterocycles. The van der Waals surface area contributed by atoms with E-state index >= 15 is 0 Å². The molecule has 2 aromatic rings. The zero-order chi connectivity index (χ0) is 17.5. The first kappa shape index (κ1) is 17.7. The number of carboxylic acid groups (broad SMARTS) is 1. The third-order valence-corrected chi connectivity index (χ3v) is 4.15. The van der Waals surface area contributed by atoms with Crippen LogP contribution in [-0.2, 0) is 4.74 Å². The van der Waals surface area contributed by atoms with Crippen LogP contribution < -0.4 is 0 Å². The number of carboxylic acids is 1. The summed E-state index contributed by atoms with van der Waals surface area (Å²) in [6.45, 7) is 4.02. The Morgan fingerprint density at radius 3 is 2.04 bits per heavy atom. The van der Waals surface area contributed by atoms with Gasteiger partial charge in [-0.25, -0.2) is 9.59 Å². The SMILES string of the molecule is CC[C@H](OC(=O)c1ccccc1C(=O)O)[C@@H](CC)c1ccccc1. The van der Waals surface area contributed by atoms with Crippen molar-refractivity contribution in [3.63, 3.8) is 0 Å². The fourth-order valence-corrected chi connectivity index (χ4v) is 2.91. The summed E-state index contributed by atoms with van der Waals surface area (Å²) < 4.78 is 5.68. The fourth-order valence-electron chi connectivity index (χ4n) is 2.91. The van der Waals surface area contributed by atoms with Gasteiger partial charge in [0.05, 0.1) is 11.1 Å². The second-order valence-electron chi connectivity index (χ2n) is 5.63. The smallest absolute Gasteiger partial charge is 0.339 e. The lowest BCUT2D eigenvalue weighted by Crippen LogP contribution is -2.25. The van der Waals surface area contributed by atoms with Gasteiger partial charge in [0.15, 0.2) is 0 Å². The number of carbonyl (C=O) groups excluding carboxylic acids is 1. The topological polar surface area (TPSA) is 63.6 Å². The molecular formula is C20H22O4. The van der Waals surface area contributed by atoms with Gasteiger partial charge in [-0.3, -0.25) is 0 Å². The second-order valence-corrected chi connectivity index (χ2v) is 5.63. The molecule has 24 heavy (non-hydrogen) atoms. The quantitative estimate of drug-likeness (QED) is 0.760. The molecule has 4 nitrogen and oxygen atoms in total. The first-order valence-corrected chi connectivity index (χ1v) is 8.16. The van der Waals surface area contributed by atoms with Crippen LogP contribution in [0.2, 0.25) is 0 Å². The minimum absolute atomic E-state index is 0.0369. The van der Waals surface area contributed by atoms with Crippen LogP contribution in [0.4, 0.5) is 0 Å². The van der Waals surface area contributed by atoms with Gasteiger partial charge in [-0.15, -0.1) is 0 Å². The Kier molecular flexibility index (Phi) is 6.13. The minimum atomic E-state index is -1.13. The van der Waals surface area contributed by atoms with E-state index in [0.29, 0.717) is 6.42 Å². The maximum absolute atomic E-state index is 12.5. The first-order chi connectivity index (χ1) is 11.6. The van der Waals surface area contributed by atoms with E-state index in [1.165, 1.54) is 12.1 Å². The highest BCUT2D eigenvalue weighted by Crippen LogP contribution is 2.28. The summed E-state index contributed by atoms with van der Waals surface area (Å²) in [6.07, 6.45) is 1.19. The average molecular weight is 326 g/mol. The van der Waals surface area contributed by atoms with Crippen molar-refractivity contribution in [2.24, 2.45) is 0 Å². The van der Waals surface area contributed by atoms with Crippen LogP contribution in [0.3, 0.4) is 0 Å². The molecule has 2 aromatic carbocycles. The van der Waals surface area contributed by atoms with E-state index in [2.05, 4.69) is 6.92 Å². The van der Waals surface area contributed by atoms with Crippen LogP contribution in [0.5, 0.6) is 0 Å². The van der Waals surface area contributed by atoms with Gasteiger partial charge in [0, 0.05) is 5.92 Å². The third-order valence-electron chi connectivity index (χ3n) is 4.15. The molecule has 0 aromatic heterocycles. The zero-order valence-corrected chi connectivity index (χ0v) is 13.9. The maximum atomic E-state index is 12.5. The van der Waals surface area contributed by atoms with Crippen LogP contribution in [0.15, 0.2) is 54.6 Å². The Labute approximate surface area is 142 Å². The molecule has 2 rings (SSSR count). The Bertz CT molecular complexity index is 694. The second kappa shape index (κ2) is 8.29. The van der Waals surface area contributed by atoms with Crippen LogP contribution in [0, 0.1) is 0 Å². The van der Waals surface area contributed by atoms with E-state index in [-0.39, 0.29) is 23.1 Å². The summed E-state index contributed by atoms with van der Waals surface area (Å²) >= 11 is 0. The molecule has 2 atom stereocenters. The maximum Gasteiger partial charge on any atom is 0.339 e. The molecule has 0 aliphatic rings. The molecule has 1 N–H and O–H groups in total. The molecule has 0 heterocycles. The number of esters is 1. The number of ether oxygens (including phenoxy) is 1. The van der Waals surface area contributed by atoms with Gasteiger partial charge < -0.3 is 9.84 Å². The van der Waals surface area contributed by atoms with Crippen molar-refractivity contribution in [3.8, 4) is 0 Å². The van der Waals surface area contributed by atoms with E-state index in [1.54, 1.807) is 12.1 Å². The highest BCUT2D eigenvalue weighted by Gasteiger charge is 2.26. The number of aromatic carboxylic acids is 1. The number of benzene rings is 2. The van der Waals surface area contributed by atoms with Crippen molar-refractivity contribution in [1.82, 2.24) is 0 Å². The van der Waals surface area contributed by atoms with E-state index < -0.39 is 11.9 Å². The molecule has 0 radical (unpaired) electrons. The van der Waals surface area contributed by atoms with E-state index in [9.17, 15) is 14.7 Å². The Balaban J connectivity index is 2.24. The molecule has 0 aliphatic carbocycles. The summed E-state index contributed by atoms with van der Waals surface area (Å²) in [5, 5.41) is 9.23. The summed E-state index contributed by atoms with van der Waals surface area (Å²) in [5.74, 6) is -1.64. The van der Waals surface area contributed by atoms with Gasteiger partial charge in [-0.1, -0.05) is 56.3 Å². The fraction of sp³-hybridized carbons (Fsp3) is 0.300. The van der Waals surface area contributed by atoms with Gasteiger partial charge >= 0.3 is 11.9 Å². The predicted molar refractivity (Wildman–Crippen MR) is 92.4 cm³/mol. The number of rotatable bonds is 7. The Morgan fingerprint density at radius 2 is 1.50 bits per heavy atom. The normalized spacial score (nSPS) is 13.1. The lowest BCUT2D eigenvalue weighted by atomic mass is 9.89. The highest BCUT2D eigenvalue weighted by atomic mass is 16.5. The molecule has 0 bridgehead atoms. The highest BCUT2D eigenvalue weighted by molar-refractivity contribution is 6.02.